The number of imide groups is 1. The van der Waals surface area contributed by atoms with Gasteiger partial charge in [-0.05, 0) is 43.3 Å². The highest BCUT2D eigenvalue weighted by Gasteiger charge is 2.40. The van der Waals surface area contributed by atoms with E-state index in [1.54, 1.807) is 24.3 Å². The zero-order valence-corrected chi connectivity index (χ0v) is 14.4. The molecule has 4 amide bonds. The van der Waals surface area contributed by atoms with E-state index in [9.17, 15) is 19.2 Å². The number of benzene rings is 2. The normalized spacial score (nSPS) is 14.0. The van der Waals surface area contributed by atoms with Crippen LogP contribution in [-0.2, 0) is 4.79 Å². The number of carbonyl (C=O) groups is 4. The molecule has 26 heavy (non-hydrogen) atoms. The summed E-state index contributed by atoms with van der Waals surface area (Å²) in [6.07, 6.45) is 0. The van der Waals surface area contributed by atoms with Gasteiger partial charge in [0.15, 0.2) is 0 Å². The van der Waals surface area contributed by atoms with Crippen LogP contribution in [0.3, 0.4) is 0 Å². The van der Waals surface area contributed by atoms with Gasteiger partial charge in [0.2, 0.25) is 0 Å². The van der Waals surface area contributed by atoms with Crippen LogP contribution in [0, 0.1) is 0 Å². The van der Waals surface area contributed by atoms with Crippen molar-refractivity contribution < 1.29 is 19.2 Å². The van der Waals surface area contributed by atoms with Crippen molar-refractivity contribution in [1.82, 2.24) is 15.8 Å². The van der Waals surface area contributed by atoms with Gasteiger partial charge < -0.3 is 0 Å². The molecule has 0 saturated heterocycles. The highest BCUT2D eigenvalue weighted by Crippen LogP contribution is 2.24. The number of rotatable bonds is 3. The Morgan fingerprint density at radius 3 is 2.00 bits per heavy atom. The van der Waals surface area contributed by atoms with Gasteiger partial charge in [-0.25, -0.2) is 0 Å². The van der Waals surface area contributed by atoms with E-state index in [1.165, 1.54) is 31.2 Å². The molecule has 1 aliphatic rings. The zero-order valence-electron chi connectivity index (χ0n) is 13.7. The van der Waals surface area contributed by atoms with Gasteiger partial charge in [0.1, 0.15) is 6.04 Å². The van der Waals surface area contributed by atoms with E-state index in [4.69, 9.17) is 11.6 Å². The first kappa shape index (κ1) is 17.6. The Bertz CT molecular complexity index is 876. The lowest BCUT2D eigenvalue weighted by molar-refractivity contribution is -0.125. The molecule has 0 spiro atoms. The third kappa shape index (κ3) is 3.16. The maximum atomic E-state index is 12.4. The SMILES string of the molecule is C[C@H](C(=O)NNC(=O)c1ccc(Cl)cc1)N1C(=O)c2ccccc2C1=O. The highest BCUT2D eigenvalue weighted by atomic mass is 35.5. The number of halogens is 1. The van der Waals surface area contributed by atoms with E-state index in [2.05, 4.69) is 10.9 Å². The molecule has 2 aromatic carbocycles. The largest absolute Gasteiger partial charge is 0.271 e. The lowest BCUT2D eigenvalue weighted by Gasteiger charge is -2.21. The second kappa shape index (κ2) is 6.97. The molecule has 0 radical (unpaired) electrons. The number of carbonyl (C=O) groups excluding carboxylic acids is 4. The summed E-state index contributed by atoms with van der Waals surface area (Å²) in [5, 5.41) is 0.477. The molecule has 0 fully saturated rings. The maximum Gasteiger partial charge on any atom is 0.269 e. The van der Waals surface area contributed by atoms with Crippen molar-refractivity contribution in [3.8, 4) is 0 Å². The van der Waals surface area contributed by atoms with Crippen LogP contribution in [0.15, 0.2) is 48.5 Å². The van der Waals surface area contributed by atoms with Gasteiger partial charge in [0, 0.05) is 10.6 Å². The minimum atomic E-state index is -1.09. The van der Waals surface area contributed by atoms with E-state index in [0.29, 0.717) is 10.6 Å². The number of nitrogens with zero attached hydrogens (tertiary/aromatic N) is 1. The van der Waals surface area contributed by atoms with Gasteiger partial charge in [-0.3, -0.25) is 34.9 Å². The Kier molecular flexibility index (Phi) is 4.73. The van der Waals surface area contributed by atoms with Gasteiger partial charge in [-0.2, -0.15) is 0 Å². The molecule has 0 saturated carbocycles. The first-order chi connectivity index (χ1) is 12.4. The second-order valence-corrected chi connectivity index (χ2v) is 6.09. The van der Waals surface area contributed by atoms with Crippen LogP contribution in [0.1, 0.15) is 38.0 Å². The quantitative estimate of drug-likeness (QED) is 0.635. The topological polar surface area (TPSA) is 95.6 Å². The van der Waals surface area contributed by atoms with Crippen LogP contribution in [0.4, 0.5) is 0 Å². The van der Waals surface area contributed by atoms with Crippen LogP contribution in [0.25, 0.3) is 0 Å². The molecule has 0 aliphatic carbocycles. The van der Waals surface area contributed by atoms with Crippen molar-refractivity contribution in [1.29, 1.82) is 0 Å². The van der Waals surface area contributed by atoms with Gasteiger partial charge >= 0.3 is 0 Å². The maximum absolute atomic E-state index is 12.4. The smallest absolute Gasteiger partial charge is 0.269 e. The summed E-state index contributed by atoms with van der Waals surface area (Å²) in [6, 6.07) is 11.3. The van der Waals surface area contributed by atoms with E-state index in [-0.39, 0.29) is 11.1 Å². The Morgan fingerprint density at radius 1 is 0.923 bits per heavy atom. The Labute approximate surface area is 153 Å². The lowest BCUT2D eigenvalue weighted by Crippen LogP contribution is -2.52. The Morgan fingerprint density at radius 2 is 1.46 bits per heavy atom. The van der Waals surface area contributed by atoms with E-state index >= 15 is 0 Å². The first-order valence-corrected chi connectivity index (χ1v) is 8.10. The van der Waals surface area contributed by atoms with Gasteiger partial charge in [0.05, 0.1) is 11.1 Å². The second-order valence-electron chi connectivity index (χ2n) is 5.65. The summed E-state index contributed by atoms with van der Waals surface area (Å²) >= 11 is 5.75. The van der Waals surface area contributed by atoms with E-state index in [0.717, 1.165) is 4.90 Å². The molecule has 2 N–H and O–H groups in total. The number of nitrogens with one attached hydrogen (secondary N) is 2. The van der Waals surface area contributed by atoms with Crippen LogP contribution in [-0.4, -0.2) is 34.6 Å². The predicted octanol–water partition coefficient (Wildman–Crippen LogP) is 1.79. The average Bonchev–Trinajstić information content (AvgIpc) is 2.90. The number of amides is 4. The number of fused-ring (bicyclic) bond motifs is 1. The lowest BCUT2D eigenvalue weighted by atomic mass is 10.1. The third-order valence-electron chi connectivity index (χ3n) is 4.00. The molecule has 1 heterocycles. The summed E-state index contributed by atoms with van der Waals surface area (Å²) in [4.78, 5) is 49.9. The van der Waals surface area contributed by atoms with Crippen LogP contribution in [0.2, 0.25) is 5.02 Å². The summed E-state index contributed by atoms with van der Waals surface area (Å²) in [5.74, 6) is -2.33. The monoisotopic (exact) mass is 371 g/mol. The summed E-state index contributed by atoms with van der Waals surface area (Å²) in [5.41, 5.74) is 5.26. The molecule has 7 nitrogen and oxygen atoms in total. The molecule has 3 rings (SSSR count). The minimum absolute atomic E-state index is 0.252. The number of hydrazine groups is 1. The molecular weight excluding hydrogens is 358 g/mol. The Hall–Kier alpha value is -3.19. The molecule has 132 valence electrons. The third-order valence-corrected chi connectivity index (χ3v) is 4.25. The van der Waals surface area contributed by atoms with Gasteiger partial charge in [-0.15, -0.1) is 0 Å². The van der Waals surface area contributed by atoms with E-state index in [1.807, 2.05) is 0 Å². The van der Waals surface area contributed by atoms with Crippen LogP contribution >= 0.6 is 11.6 Å². The fourth-order valence-electron chi connectivity index (χ4n) is 2.57. The first-order valence-electron chi connectivity index (χ1n) is 7.73. The summed E-state index contributed by atoms with van der Waals surface area (Å²) < 4.78 is 0. The van der Waals surface area contributed by atoms with E-state index < -0.39 is 29.7 Å². The van der Waals surface area contributed by atoms with Crippen molar-refractivity contribution in [2.24, 2.45) is 0 Å². The molecule has 0 aromatic heterocycles. The molecule has 1 aliphatic heterocycles. The van der Waals surface area contributed by atoms with Crippen molar-refractivity contribution in [3.63, 3.8) is 0 Å². The fraction of sp³-hybridized carbons (Fsp3) is 0.111. The van der Waals surface area contributed by atoms with Gasteiger partial charge in [0.25, 0.3) is 23.6 Å². The fourth-order valence-corrected chi connectivity index (χ4v) is 2.70. The number of hydrogen-bond donors (Lipinski definition) is 2. The average molecular weight is 372 g/mol. The molecule has 8 heteroatoms. The summed E-state index contributed by atoms with van der Waals surface area (Å²) in [6.45, 7) is 1.41. The van der Waals surface area contributed by atoms with Gasteiger partial charge in [-0.1, -0.05) is 23.7 Å². The predicted molar refractivity (Wildman–Crippen MR) is 93.5 cm³/mol. The zero-order chi connectivity index (χ0) is 18.8. The van der Waals surface area contributed by atoms with Crippen LogP contribution < -0.4 is 10.9 Å². The highest BCUT2D eigenvalue weighted by molar-refractivity contribution is 6.30. The minimum Gasteiger partial charge on any atom is -0.271 e. The standard InChI is InChI=1S/C18H14ClN3O4/c1-10(22-17(25)13-4-2-3-5-14(13)18(22)26)15(23)20-21-16(24)11-6-8-12(19)9-7-11/h2-10H,1H3,(H,20,23)(H,21,24)/t10-/m1/s1. The van der Waals surface area contributed by atoms with Crippen molar-refractivity contribution in [2.45, 2.75) is 13.0 Å². The number of hydrogen-bond acceptors (Lipinski definition) is 4. The molecular formula is C18H14ClN3O4. The molecule has 1 atom stereocenters. The molecule has 2 aromatic rings. The molecule has 0 bridgehead atoms. The molecule has 0 unspecified atom stereocenters. The van der Waals surface area contributed by atoms with Crippen molar-refractivity contribution in [2.75, 3.05) is 0 Å². The summed E-state index contributed by atoms with van der Waals surface area (Å²) in [7, 11) is 0. The Balaban J connectivity index is 1.65. The van der Waals surface area contributed by atoms with Crippen LogP contribution in [0.5, 0.6) is 0 Å². The van der Waals surface area contributed by atoms with Crippen molar-refractivity contribution in [3.05, 3.63) is 70.2 Å². The van der Waals surface area contributed by atoms with Crippen molar-refractivity contribution >= 4 is 35.2 Å².